The second kappa shape index (κ2) is 5.05. The number of aryl methyl sites for hydroxylation is 2. The average Bonchev–Trinajstić information content (AvgIpc) is 3.01. The largest absolute Gasteiger partial charge is 0.379 e. The Balaban J connectivity index is 1.77. The summed E-state index contributed by atoms with van der Waals surface area (Å²) in [5.41, 5.74) is 3.46. The van der Waals surface area contributed by atoms with Crippen LogP contribution in [-0.4, -0.2) is 9.78 Å². The van der Waals surface area contributed by atoms with E-state index in [9.17, 15) is 0 Å². The highest BCUT2D eigenvalue weighted by Gasteiger charge is 2.04. The Labute approximate surface area is 116 Å². The minimum atomic E-state index is 0.810. The van der Waals surface area contributed by atoms with Crippen LogP contribution in [0.1, 0.15) is 18.3 Å². The highest BCUT2D eigenvalue weighted by Crippen LogP contribution is 2.24. The van der Waals surface area contributed by atoms with E-state index in [1.807, 2.05) is 11.6 Å². The van der Waals surface area contributed by atoms with Gasteiger partial charge in [0.15, 0.2) is 0 Å². The smallest absolute Gasteiger partial charge is 0.0597 e. The van der Waals surface area contributed by atoms with Crippen molar-refractivity contribution in [2.75, 3.05) is 5.32 Å². The van der Waals surface area contributed by atoms with Crippen LogP contribution < -0.4 is 5.32 Å². The van der Waals surface area contributed by atoms with E-state index in [0.29, 0.717) is 0 Å². The second-order valence-electron chi connectivity index (χ2n) is 4.62. The third-order valence-electron chi connectivity index (χ3n) is 3.21. The van der Waals surface area contributed by atoms with Crippen LogP contribution in [0.4, 0.5) is 5.69 Å². The molecule has 19 heavy (non-hydrogen) atoms. The van der Waals surface area contributed by atoms with Crippen molar-refractivity contribution < 1.29 is 0 Å². The maximum atomic E-state index is 4.46. The predicted octanol–water partition coefficient (Wildman–Crippen LogP) is 4.04. The molecule has 0 radical (unpaired) electrons. The summed E-state index contributed by atoms with van der Waals surface area (Å²) in [5, 5.41) is 11.4. The minimum absolute atomic E-state index is 0.810. The van der Waals surface area contributed by atoms with Gasteiger partial charge in [-0.2, -0.15) is 5.10 Å². The first-order chi connectivity index (χ1) is 9.26. The van der Waals surface area contributed by atoms with Crippen LogP contribution in [0.5, 0.6) is 0 Å². The third-order valence-corrected chi connectivity index (χ3v) is 4.11. The van der Waals surface area contributed by atoms with Gasteiger partial charge in [-0.15, -0.1) is 11.3 Å². The van der Waals surface area contributed by atoms with E-state index in [4.69, 9.17) is 0 Å². The van der Waals surface area contributed by atoms with Crippen molar-refractivity contribution in [3.05, 3.63) is 47.1 Å². The molecule has 0 atom stereocenters. The lowest BCUT2D eigenvalue weighted by molar-refractivity contribution is 0.623. The van der Waals surface area contributed by atoms with E-state index in [0.717, 1.165) is 24.5 Å². The van der Waals surface area contributed by atoms with Crippen molar-refractivity contribution in [1.82, 2.24) is 9.78 Å². The Bertz CT molecular complexity index is 696. The molecule has 4 heteroatoms. The Morgan fingerprint density at radius 1 is 1.26 bits per heavy atom. The van der Waals surface area contributed by atoms with E-state index in [-0.39, 0.29) is 0 Å². The van der Waals surface area contributed by atoms with E-state index >= 15 is 0 Å². The van der Waals surface area contributed by atoms with Crippen molar-refractivity contribution in [3.8, 4) is 0 Å². The first-order valence-electron chi connectivity index (χ1n) is 6.50. The van der Waals surface area contributed by atoms with E-state index < -0.39 is 0 Å². The van der Waals surface area contributed by atoms with Gasteiger partial charge < -0.3 is 5.32 Å². The summed E-state index contributed by atoms with van der Waals surface area (Å²) in [6.07, 6.45) is 0. The van der Waals surface area contributed by atoms with Crippen molar-refractivity contribution in [2.45, 2.75) is 26.9 Å². The molecule has 0 spiro atoms. The van der Waals surface area contributed by atoms with Gasteiger partial charge in [-0.05, 0) is 54.9 Å². The van der Waals surface area contributed by atoms with Crippen molar-refractivity contribution >= 4 is 27.1 Å². The van der Waals surface area contributed by atoms with Crippen LogP contribution in [0.25, 0.3) is 10.1 Å². The highest BCUT2D eigenvalue weighted by molar-refractivity contribution is 7.17. The molecular formula is C15H17N3S. The number of hydrogen-bond donors (Lipinski definition) is 1. The van der Waals surface area contributed by atoms with Gasteiger partial charge in [0, 0.05) is 16.9 Å². The lowest BCUT2D eigenvalue weighted by Gasteiger charge is -2.08. The quantitative estimate of drug-likeness (QED) is 0.776. The summed E-state index contributed by atoms with van der Waals surface area (Å²) < 4.78 is 3.38. The highest BCUT2D eigenvalue weighted by atomic mass is 32.1. The summed E-state index contributed by atoms with van der Waals surface area (Å²) in [4.78, 5) is 0. The molecule has 1 N–H and O–H groups in total. The first-order valence-corrected chi connectivity index (χ1v) is 7.38. The molecule has 0 aliphatic rings. The molecule has 2 heterocycles. The summed E-state index contributed by atoms with van der Waals surface area (Å²) in [6, 6.07) is 10.8. The fraction of sp³-hybridized carbons (Fsp3) is 0.267. The standard InChI is InChI=1S/C15H17N3S/c1-3-18-14(8-11(2)17-18)10-16-13-4-5-15-12(9-13)6-7-19-15/h4-9,16H,3,10H2,1-2H3. The second-order valence-corrected chi connectivity index (χ2v) is 5.57. The maximum Gasteiger partial charge on any atom is 0.0597 e. The number of nitrogens with one attached hydrogen (secondary N) is 1. The lowest BCUT2D eigenvalue weighted by Crippen LogP contribution is -2.07. The summed E-state index contributed by atoms with van der Waals surface area (Å²) >= 11 is 1.78. The average molecular weight is 271 g/mol. The Morgan fingerprint density at radius 2 is 2.16 bits per heavy atom. The summed E-state index contributed by atoms with van der Waals surface area (Å²) in [5.74, 6) is 0. The normalized spacial score (nSPS) is 11.1. The molecule has 0 bridgehead atoms. The predicted molar refractivity (Wildman–Crippen MR) is 81.8 cm³/mol. The fourth-order valence-corrected chi connectivity index (χ4v) is 3.06. The zero-order valence-electron chi connectivity index (χ0n) is 11.2. The van der Waals surface area contributed by atoms with E-state index in [1.165, 1.54) is 15.8 Å². The first kappa shape index (κ1) is 12.2. The Hall–Kier alpha value is -1.81. The minimum Gasteiger partial charge on any atom is -0.379 e. The van der Waals surface area contributed by atoms with E-state index in [2.05, 4.69) is 53.1 Å². The van der Waals surface area contributed by atoms with Gasteiger partial charge >= 0.3 is 0 Å². The van der Waals surface area contributed by atoms with Gasteiger partial charge in [-0.25, -0.2) is 0 Å². The van der Waals surface area contributed by atoms with Gasteiger partial charge in [0.25, 0.3) is 0 Å². The zero-order chi connectivity index (χ0) is 13.2. The van der Waals surface area contributed by atoms with Crippen LogP contribution in [0.3, 0.4) is 0 Å². The van der Waals surface area contributed by atoms with Crippen LogP contribution in [0.15, 0.2) is 35.7 Å². The number of rotatable bonds is 4. The van der Waals surface area contributed by atoms with Crippen molar-refractivity contribution in [2.24, 2.45) is 0 Å². The molecule has 0 saturated heterocycles. The SMILES string of the molecule is CCn1nc(C)cc1CNc1ccc2sccc2c1. The van der Waals surface area contributed by atoms with Gasteiger partial charge in [-0.1, -0.05) is 0 Å². The monoisotopic (exact) mass is 271 g/mol. The van der Waals surface area contributed by atoms with Gasteiger partial charge in [-0.3, -0.25) is 4.68 Å². The molecule has 3 aromatic rings. The molecule has 0 fully saturated rings. The molecular weight excluding hydrogens is 254 g/mol. The van der Waals surface area contributed by atoms with Crippen LogP contribution in [0, 0.1) is 6.92 Å². The Morgan fingerprint density at radius 3 is 3.00 bits per heavy atom. The summed E-state index contributed by atoms with van der Waals surface area (Å²) in [7, 11) is 0. The molecule has 0 saturated carbocycles. The molecule has 0 aliphatic carbocycles. The number of nitrogens with zero attached hydrogens (tertiary/aromatic N) is 2. The van der Waals surface area contributed by atoms with Gasteiger partial charge in [0.05, 0.1) is 17.9 Å². The Kier molecular flexibility index (Phi) is 3.25. The summed E-state index contributed by atoms with van der Waals surface area (Å²) in [6.45, 7) is 5.87. The van der Waals surface area contributed by atoms with Gasteiger partial charge in [0.1, 0.15) is 0 Å². The number of thiophene rings is 1. The molecule has 0 unspecified atom stereocenters. The van der Waals surface area contributed by atoms with Crippen molar-refractivity contribution in [1.29, 1.82) is 0 Å². The topological polar surface area (TPSA) is 29.9 Å². The molecule has 3 rings (SSSR count). The molecule has 3 nitrogen and oxygen atoms in total. The third kappa shape index (κ3) is 2.49. The molecule has 98 valence electrons. The fourth-order valence-electron chi connectivity index (χ4n) is 2.28. The number of hydrogen-bond acceptors (Lipinski definition) is 3. The number of fused-ring (bicyclic) bond motifs is 1. The molecule has 0 aliphatic heterocycles. The molecule has 0 amide bonds. The molecule has 2 aromatic heterocycles. The van der Waals surface area contributed by atoms with Crippen LogP contribution in [-0.2, 0) is 13.1 Å². The number of anilines is 1. The van der Waals surface area contributed by atoms with Crippen molar-refractivity contribution in [3.63, 3.8) is 0 Å². The van der Waals surface area contributed by atoms with Crippen LogP contribution >= 0.6 is 11.3 Å². The van der Waals surface area contributed by atoms with Crippen LogP contribution in [0.2, 0.25) is 0 Å². The number of benzene rings is 1. The van der Waals surface area contributed by atoms with E-state index in [1.54, 1.807) is 11.3 Å². The van der Waals surface area contributed by atoms with Gasteiger partial charge in [0.2, 0.25) is 0 Å². The lowest BCUT2D eigenvalue weighted by atomic mass is 10.2. The maximum absolute atomic E-state index is 4.46. The zero-order valence-corrected chi connectivity index (χ0v) is 12.0. The number of aromatic nitrogens is 2. The molecule has 1 aromatic carbocycles.